The molecule has 6 nitrogen and oxygen atoms in total. The van der Waals surface area contributed by atoms with E-state index in [0.717, 1.165) is 17.8 Å². The van der Waals surface area contributed by atoms with Gasteiger partial charge in [0, 0.05) is 12.6 Å². The van der Waals surface area contributed by atoms with Gasteiger partial charge in [0.05, 0.1) is 16.8 Å². The summed E-state index contributed by atoms with van der Waals surface area (Å²) in [5.74, 6) is 0.287. The lowest BCUT2D eigenvalue weighted by Gasteiger charge is -2.07. The molecule has 0 spiro atoms. The van der Waals surface area contributed by atoms with Crippen LogP contribution in [0.1, 0.15) is 40.5 Å². The van der Waals surface area contributed by atoms with Gasteiger partial charge in [-0.05, 0) is 30.2 Å². The first-order valence-electron chi connectivity index (χ1n) is 8.13. The summed E-state index contributed by atoms with van der Waals surface area (Å²) in [6.07, 6.45) is 2.66. The van der Waals surface area contributed by atoms with Crippen LogP contribution in [-0.2, 0) is 6.42 Å². The van der Waals surface area contributed by atoms with Crippen LogP contribution in [-0.4, -0.2) is 21.2 Å². The van der Waals surface area contributed by atoms with Crippen LogP contribution in [0.5, 0.6) is 0 Å². The molecule has 6 heteroatoms. The minimum absolute atomic E-state index is 0.266. The largest absolute Gasteiger partial charge is 0.366 e. The third-order valence-corrected chi connectivity index (χ3v) is 3.87. The van der Waals surface area contributed by atoms with Crippen molar-refractivity contribution in [3.63, 3.8) is 0 Å². The summed E-state index contributed by atoms with van der Waals surface area (Å²) in [6.45, 7) is 4.21. The summed E-state index contributed by atoms with van der Waals surface area (Å²) in [5.41, 5.74) is 7.07. The van der Waals surface area contributed by atoms with Crippen molar-refractivity contribution in [1.82, 2.24) is 9.38 Å². The second kappa shape index (κ2) is 6.76. The Balaban J connectivity index is 2.00. The van der Waals surface area contributed by atoms with Crippen molar-refractivity contribution in [2.24, 2.45) is 11.7 Å². The quantitative estimate of drug-likeness (QED) is 0.751. The first kappa shape index (κ1) is 16.7. The number of fused-ring (bicyclic) bond motifs is 1. The van der Waals surface area contributed by atoms with Gasteiger partial charge in [-0.1, -0.05) is 32.0 Å². The van der Waals surface area contributed by atoms with Crippen molar-refractivity contribution < 1.29 is 9.59 Å². The zero-order valence-corrected chi connectivity index (χ0v) is 14.2. The number of nitrogens with zero attached hydrogens (tertiary/aromatic N) is 2. The average molecular weight is 336 g/mol. The minimum Gasteiger partial charge on any atom is -0.366 e. The van der Waals surface area contributed by atoms with E-state index < -0.39 is 5.91 Å². The number of rotatable bonds is 5. The van der Waals surface area contributed by atoms with Gasteiger partial charge in [0.1, 0.15) is 5.82 Å². The SMILES string of the molecule is CC(C)Cc1nc(C(=O)Nc2ccccc2C(N)=O)c2ccccn12. The lowest BCUT2D eigenvalue weighted by Crippen LogP contribution is -2.18. The molecule has 2 heterocycles. The number of nitrogens with one attached hydrogen (secondary N) is 1. The average Bonchev–Trinajstić information content (AvgIpc) is 2.93. The Bertz CT molecular complexity index is 944. The number of benzene rings is 1. The summed E-state index contributed by atoms with van der Waals surface area (Å²) in [7, 11) is 0. The molecule has 0 unspecified atom stereocenters. The zero-order chi connectivity index (χ0) is 18.0. The zero-order valence-electron chi connectivity index (χ0n) is 14.2. The first-order valence-corrected chi connectivity index (χ1v) is 8.13. The Morgan fingerprint density at radius 3 is 2.60 bits per heavy atom. The standard InChI is InChI=1S/C19H20N4O2/c1-12(2)11-16-22-17(15-9-5-6-10-23(15)16)19(25)21-14-8-4-3-7-13(14)18(20)24/h3-10,12H,11H2,1-2H3,(H2,20,24)(H,21,25). The molecule has 0 aliphatic heterocycles. The number of pyridine rings is 1. The Morgan fingerprint density at radius 1 is 1.16 bits per heavy atom. The molecule has 128 valence electrons. The fourth-order valence-corrected chi connectivity index (χ4v) is 2.77. The number of imidazole rings is 1. The van der Waals surface area contributed by atoms with E-state index >= 15 is 0 Å². The van der Waals surface area contributed by atoms with E-state index in [-0.39, 0.29) is 11.5 Å². The van der Waals surface area contributed by atoms with Crippen LogP contribution in [0.15, 0.2) is 48.7 Å². The van der Waals surface area contributed by atoms with Gasteiger partial charge in [-0.25, -0.2) is 4.98 Å². The molecule has 0 atom stereocenters. The summed E-state index contributed by atoms with van der Waals surface area (Å²) >= 11 is 0. The van der Waals surface area contributed by atoms with Gasteiger partial charge in [-0.15, -0.1) is 0 Å². The number of aromatic nitrogens is 2. The molecule has 0 saturated carbocycles. The van der Waals surface area contributed by atoms with Gasteiger partial charge < -0.3 is 15.5 Å². The molecule has 0 bridgehead atoms. The third kappa shape index (κ3) is 3.38. The van der Waals surface area contributed by atoms with Crippen LogP contribution in [0.25, 0.3) is 5.52 Å². The number of primary amides is 1. The number of nitrogens with two attached hydrogens (primary N) is 1. The molecule has 2 aromatic heterocycles. The summed E-state index contributed by atoms with van der Waals surface area (Å²) in [6, 6.07) is 12.3. The summed E-state index contributed by atoms with van der Waals surface area (Å²) in [5, 5.41) is 2.75. The number of carbonyl (C=O) groups excluding carboxylic acids is 2. The number of carbonyl (C=O) groups is 2. The van der Waals surface area contributed by atoms with Crippen LogP contribution < -0.4 is 11.1 Å². The predicted molar refractivity (Wildman–Crippen MR) is 96.6 cm³/mol. The number of hydrogen-bond donors (Lipinski definition) is 2. The maximum Gasteiger partial charge on any atom is 0.276 e. The van der Waals surface area contributed by atoms with Crippen LogP contribution in [0.2, 0.25) is 0 Å². The van der Waals surface area contributed by atoms with Gasteiger partial charge in [-0.3, -0.25) is 9.59 Å². The van der Waals surface area contributed by atoms with Crippen molar-refractivity contribution in [2.75, 3.05) is 5.32 Å². The van der Waals surface area contributed by atoms with Gasteiger partial charge in [0.15, 0.2) is 5.69 Å². The fraction of sp³-hybridized carbons (Fsp3) is 0.211. The smallest absolute Gasteiger partial charge is 0.276 e. The lowest BCUT2D eigenvalue weighted by atomic mass is 10.1. The second-order valence-electron chi connectivity index (χ2n) is 6.29. The third-order valence-electron chi connectivity index (χ3n) is 3.87. The maximum atomic E-state index is 12.8. The van der Waals surface area contributed by atoms with E-state index in [9.17, 15) is 9.59 Å². The van der Waals surface area contributed by atoms with E-state index in [2.05, 4.69) is 24.1 Å². The molecule has 0 radical (unpaired) electrons. The van der Waals surface area contributed by atoms with Crippen molar-refractivity contribution in [1.29, 1.82) is 0 Å². The Hall–Kier alpha value is -3.15. The van der Waals surface area contributed by atoms with E-state index in [0.29, 0.717) is 17.3 Å². The maximum absolute atomic E-state index is 12.8. The number of amides is 2. The Morgan fingerprint density at radius 2 is 1.88 bits per heavy atom. The molecule has 3 N–H and O–H groups in total. The van der Waals surface area contributed by atoms with Gasteiger partial charge in [-0.2, -0.15) is 0 Å². The molecule has 1 aromatic carbocycles. The monoisotopic (exact) mass is 336 g/mol. The van der Waals surface area contributed by atoms with E-state index in [1.165, 1.54) is 0 Å². The van der Waals surface area contributed by atoms with Gasteiger partial charge in [0.2, 0.25) is 0 Å². The molecule has 2 amide bonds. The van der Waals surface area contributed by atoms with Crippen LogP contribution in [0, 0.1) is 5.92 Å². The first-order chi connectivity index (χ1) is 12.0. The highest BCUT2D eigenvalue weighted by molar-refractivity contribution is 6.10. The number of anilines is 1. The van der Waals surface area contributed by atoms with E-state index in [4.69, 9.17) is 5.73 Å². The molecule has 0 saturated heterocycles. The molecule has 3 rings (SSSR count). The Kier molecular flexibility index (Phi) is 4.52. The fourth-order valence-electron chi connectivity index (χ4n) is 2.77. The van der Waals surface area contributed by atoms with Crippen molar-refractivity contribution in [3.05, 3.63) is 65.7 Å². The van der Waals surface area contributed by atoms with Crippen molar-refractivity contribution >= 4 is 23.0 Å². The highest BCUT2D eigenvalue weighted by Crippen LogP contribution is 2.19. The molecule has 0 fully saturated rings. The lowest BCUT2D eigenvalue weighted by molar-refractivity contribution is 0.100. The predicted octanol–water partition coefficient (Wildman–Crippen LogP) is 2.88. The Labute approximate surface area is 145 Å². The van der Waals surface area contributed by atoms with E-state index in [1.807, 2.05) is 28.8 Å². The summed E-state index contributed by atoms with van der Waals surface area (Å²) in [4.78, 5) is 28.8. The normalized spacial score (nSPS) is 11.0. The topological polar surface area (TPSA) is 89.5 Å². The highest BCUT2D eigenvalue weighted by atomic mass is 16.2. The second-order valence-corrected chi connectivity index (χ2v) is 6.29. The number of hydrogen-bond acceptors (Lipinski definition) is 3. The van der Waals surface area contributed by atoms with Gasteiger partial charge in [0.25, 0.3) is 11.8 Å². The molecule has 3 aromatic rings. The summed E-state index contributed by atoms with van der Waals surface area (Å²) < 4.78 is 1.93. The van der Waals surface area contributed by atoms with E-state index in [1.54, 1.807) is 24.3 Å². The molecule has 0 aliphatic rings. The van der Waals surface area contributed by atoms with Gasteiger partial charge >= 0.3 is 0 Å². The van der Waals surface area contributed by atoms with Crippen LogP contribution in [0.4, 0.5) is 5.69 Å². The highest BCUT2D eigenvalue weighted by Gasteiger charge is 2.19. The van der Waals surface area contributed by atoms with Crippen LogP contribution in [0.3, 0.4) is 0 Å². The molecule has 25 heavy (non-hydrogen) atoms. The molecule has 0 aliphatic carbocycles. The van der Waals surface area contributed by atoms with Crippen molar-refractivity contribution in [3.8, 4) is 0 Å². The minimum atomic E-state index is -0.592. The molecular weight excluding hydrogens is 316 g/mol. The van der Waals surface area contributed by atoms with Crippen LogP contribution >= 0.6 is 0 Å². The number of para-hydroxylation sites is 1. The molecular formula is C19H20N4O2. The van der Waals surface area contributed by atoms with Crippen molar-refractivity contribution in [2.45, 2.75) is 20.3 Å².